The van der Waals surface area contributed by atoms with E-state index < -0.39 is 13.7 Å². The zero-order valence-corrected chi connectivity index (χ0v) is 6.81. The molecule has 0 aliphatic carbocycles. The molecular weight excluding hydrogens is 150 g/mol. The average Bonchev–Trinajstić information content (AvgIpc) is 2.05. The lowest BCUT2D eigenvalue weighted by molar-refractivity contribution is 0.327. The van der Waals surface area contributed by atoms with E-state index >= 15 is 0 Å². The van der Waals surface area contributed by atoms with Gasteiger partial charge in [-0.15, -0.1) is 6.42 Å². The highest BCUT2D eigenvalue weighted by Crippen LogP contribution is 2.58. The Bertz CT molecular complexity index is 173. The Morgan fingerprint density at radius 2 is 2.30 bits per heavy atom. The molecule has 0 aromatic rings. The van der Waals surface area contributed by atoms with E-state index in [-0.39, 0.29) is 5.92 Å². The van der Waals surface area contributed by atoms with Crippen LogP contribution in [-0.2, 0) is 0 Å². The number of hydrogen-bond acceptors (Lipinski definition) is 1. The SMILES string of the molecule is C#CC1C[P+](C)(O)CC1F. The van der Waals surface area contributed by atoms with E-state index in [4.69, 9.17) is 6.42 Å². The molecule has 1 saturated heterocycles. The summed E-state index contributed by atoms with van der Waals surface area (Å²) in [7, 11) is -1.94. The van der Waals surface area contributed by atoms with Gasteiger partial charge in [-0.25, -0.2) is 4.39 Å². The molecule has 1 fully saturated rings. The van der Waals surface area contributed by atoms with Crippen LogP contribution in [0.25, 0.3) is 0 Å². The van der Waals surface area contributed by atoms with Gasteiger partial charge in [0.2, 0.25) is 0 Å². The highest BCUT2D eigenvalue weighted by atomic mass is 31.2. The van der Waals surface area contributed by atoms with Crippen LogP contribution in [-0.4, -0.2) is 30.1 Å². The summed E-state index contributed by atoms with van der Waals surface area (Å²) in [5, 5.41) is 0. The Balaban J connectivity index is 2.63. The van der Waals surface area contributed by atoms with Gasteiger partial charge < -0.3 is 0 Å². The van der Waals surface area contributed by atoms with Crippen LogP contribution in [0, 0.1) is 18.3 Å². The summed E-state index contributed by atoms with van der Waals surface area (Å²) in [6, 6.07) is 0. The molecule has 1 aliphatic rings. The van der Waals surface area contributed by atoms with E-state index in [1.807, 2.05) is 0 Å². The highest BCUT2D eigenvalue weighted by Gasteiger charge is 2.47. The third-order valence-corrected chi connectivity index (χ3v) is 4.12. The van der Waals surface area contributed by atoms with E-state index in [0.29, 0.717) is 12.3 Å². The summed E-state index contributed by atoms with van der Waals surface area (Å²) in [4.78, 5) is 9.44. The second kappa shape index (κ2) is 2.49. The van der Waals surface area contributed by atoms with Crippen molar-refractivity contribution in [3.05, 3.63) is 0 Å². The predicted octanol–water partition coefficient (Wildman–Crippen LogP) is 1.14. The standard InChI is InChI=1S/C7H11FOP/c1-3-6-4-10(2,9)5-7(6)8/h1,6-7,9H,4-5H2,2H3/q+1. The molecule has 0 spiro atoms. The van der Waals surface area contributed by atoms with Crippen molar-refractivity contribution in [1.29, 1.82) is 0 Å². The van der Waals surface area contributed by atoms with Gasteiger partial charge in [0.15, 0.2) is 6.17 Å². The average molecular weight is 161 g/mol. The Morgan fingerprint density at radius 3 is 2.50 bits per heavy atom. The maximum Gasteiger partial charge on any atom is 0.153 e. The number of alkyl halides is 1. The second-order valence-corrected chi connectivity index (χ2v) is 6.40. The van der Waals surface area contributed by atoms with E-state index in [1.165, 1.54) is 0 Å². The molecule has 1 N–H and O–H groups in total. The topological polar surface area (TPSA) is 20.2 Å². The predicted molar refractivity (Wildman–Crippen MR) is 42.0 cm³/mol. The van der Waals surface area contributed by atoms with Crippen LogP contribution in [0.2, 0.25) is 0 Å². The van der Waals surface area contributed by atoms with Gasteiger partial charge >= 0.3 is 0 Å². The molecule has 0 aromatic heterocycles. The lowest BCUT2D eigenvalue weighted by Gasteiger charge is -2.03. The summed E-state index contributed by atoms with van der Waals surface area (Å²) in [5.74, 6) is 2.03. The van der Waals surface area contributed by atoms with Crippen molar-refractivity contribution in [2.75, 3.05) is 19.0 Å². The lowest BCUT2D eigenvalue weighted by Crippen LogP contribution is -2.09. The normalized spacial score (nSPS) is 47.0. The summed E-state index contributed by atoms with van der Waals surface area (Å²) >= 11 is 0. The van der Waals surface area contributed by atoms with Crippen molar-refractivity contribution in [2.24, 2.45) is 5.92 Å². The molecule has 0 radical (unpaired) electrons. The molecule has 1 aliphatic heterocycles. The number of hydrogen-bond donors (Lipinski definition) is 1. The van der Waals surface area contributed by atoms with Gasteiger partial charge in [-0.3, -0.25) is 4.89 Å². The fourth-order valence-corrected chi connectivity index (χ4v) is 3.61. The molecule has 0 saturated carbocycles. The minimum atomic E-state index is -1.94. The van der Waals surface area contributed by atoms with Crippen molar-refractivity contribution in [2.45, 2.75) is 6.17 Å². The largest absolute Gasteiger partial charge is 0.252 e. The minimum absolute atomic E-state index is 0.294. The van der Waals surface area contributed by atoms with Crippen LogP contribution < -0.4 is 0 Å². The maximum atomic E-state index is 12.8. The van der Waals surface area contributed by atoms with Crippen LogP contribution in [0.5, 0.6) is 0 Å². The van der Waals surface area contributed by atoms with Crippen LogP contribution in [0.3, 0.4) is 0 Å². The number of terminal acetylenes is 1. The number of rotatable bonds is 0. The van der Waals surface area contributed by atoms with Gasteiger partial charge in [0.25, 0.3) is 0 Å². The van der Waals surface area contributed by atoms with Crippen LogP contribution in [0.15, 0.2) is 0 Å². The highest BCUT2D eigenvalue weighted by molar-refractivity contribution is 7.70. The third kappa shape index (κ3) is 1.48. The maximum absolute atomic E-state index is 12.8. The smallest absolute Gasteiger partial charge is 0.153 e. The van der Waals surface area contributed by atoms with E-state index in [1.54, 1.807) is 6.66 Å². The Labute approximate surface area is 61.1 Å². The Hall–Kier alpha value is -0.120. The molecule has 1 nitrogen and oxygen atoms in total. The Morgan fingerprint density at radius 1 is 1.70 bits per heavy atom. The summed E-state index contributed by atoms with van der Waals surface area (Å²) in [6.45, 7) is 1.73. The molecule has 3 heteroatoms. The molecule has 0 aromatic carbocycles. The Kier molecular flexibility index (Phi) is 1.99. The van der Waals surface area contributed by atoms with Gasteiger partial charge in [-0.1, -0.05) is 5.92 Å². The van der Waals surface area contributed by atoms with Gasteiger partial charge in [-0.2, -0.15) is 0 Å². The van der Waals surface area contributed by atoms with Gasteiger partial charge in [0.1, 0.15) is 19.8 Å². The second-order valence-electron chi connectivity index (χ2n) is 2.99. The van der Waals surface area contributed by atoms with E-state index in [9.17, 15) is 9.28 Å². The molecule has 1 heterocycles. The van der Waals surface area contributed by atoms with Crippen molar-refractivity contribution >= 4 is 7.49 Å². The molecule has 3 atom stereocenters. The fraction of sp³-hybridized carbons (Fsp3) is 0.714. The first-order chi connectivity index (χ1) is 4.55. The first-order valence-corrected chi connectivity index (χ1v) is 5.78. The molecule has 1 rings (SSSR count). The van der Waals surface area contributed by atoms with Crippen LogP contribution in [0.1, 0.15) is 0 Å². The molecule has 3 unspecified atom stereocenters. The molecular formula is C7H11FOP+. The molecule has 10 heavy (non-hydrogen) atoms. The minimum Gasteiger partial charge on any atom is -0.252 e. The van der Waals surface area contributed by atoms with Crippen molar-refractivity contribution in [3.63, 3.8) is 0 Å². The van der Waals surface area contributed by atoms with E-state index in [2.05, 4.69) is 5.92 Å². The summed E-state index contributed by atoms with van der Waals surface area (Å²) < 4.78 is 12.8. The van der Waals surface area contributed by atoms with Gasteiger partial charge in [0, 0.05) is 0 Å². The zero-order chi connectivity index (χ0) is 7.78. The molecule has 0 amide bonds. The molecule has 56 valence electrons. The van der Waals surface area contributed by atoms with Crippen molar-refractivity contribution in [1.82, 2.24) is 0 Å². The number of halogens is 1. The van der Waals surface area contributed by atoms with E-state index in [0.717, 1.165) is 0 Å². The monoisotopic (exact) mass is 161 g/mol. The van der Waals surface area contributed by atoms with Gasteiger partial charge in [-0.05, 0) is 0 Å². The summed E-state index contributed by atoms with van der Waals surface area (Å²) in [5.41, 5.74) is 0. The third-order valence-electron chi connectivity index (χ3n) is 1.81. The van der Waals surface area contributed by atoms with Crippen LogP contribution >= 0.6 is 7.49 Å². The quantitative estimate of drug-likeness (QED) is 0.417. The fourth-order valence-electron chi connectivity index (χ4n) is 1.27. The molecule has 0 bridgehead atoms. The zero-order valence-electron chi connectivity index (χ0n) is 5.92. The summed E-state index contributed by atoms with van der Waals surface area (Å²) in [6.07, 6.45) is 4.90. The van der Waals surface area contributed by atoms with Crippen molar-refractivity contribution < 1.29 is 9.28 Å². The van der Waals surface area contributed by atoms with Crippen LogP contribution in [0.4, 0.5) is 4.39 Å². The first-order valence-electron chi connectivity index (χ1n) is 3.23. The lowest BCUT2D eigenvalue weighted by atomic mass is 10.1. The first kappa shape index (κ1) is 7.98. The van der Waals surface area contributed by atoms with Gasteiger partial charge in [0.05, 0.1) is 12.6 Å². The van der Waals surface area contributed by atoms with Crippen molar-refractivity contribution in [3.8, 4) is 12.3 Å².